The van der Waals surface area contributed by atoms with Crippen LogP contribution in [-0.2, 0) is 5.60 Å². The van der Waals surface area contributed by atoms with Gasteiger partial charge in [-0.15, -0.1) is 0 Å². The average molecular weight is 341 g/mol. The van der Waals surface area contributed by atoms with Gasteiger partial charge in [0.15, 0.2) is 0 Å². The van der Waals surface area contributed by atoms with Crippen LogP contribution in [0.15, 0.2) is 50.0 Å². The fourth-order valence-electron chi connectivity index (χ4n) is 2.83. The van der Waals surface area contributed by atoms with E-state index in [1.807, 2.05) is 0 Å². The zero-order chi connectivity index (χ0) is 18.2. The largest absolute Gasteiger partial charge is 0.466 e. The van der Waals surface area contributed by atoms with Gasteiger partial charge >= 0.3 is 5.63 Å². The molecular weight excluding hydrogens is 322 g/mol. The van der Waals surface area contributed by atoms with Gasteiger partial charge in [-0.3, -0.25) is 4.79 Å². The Morgan fingerprint density at radius 1 is 1.20 bits per heavy atom. The standard InChI is InChI=1S/C19H19NO5/c1-11-8-15(12(2)24-11)19(3,23)10-20-17(21)14-9-13-6-4-5-7-16(13)25-18(14)22/h4-9,23H,10H2,1-3H3,(H,20,21). The Bertz CT molecular complexity index is 996. The first-order valence-corrected chi connectivity index (χ1v) is 7.89. The van der Waals surface area contributed by atoms with E-state index in [1.165, 1.54) is 6.07 Å². The zero-order valence-corrected chi connectivity index (χ0v) is 14.3. The van der Waals surface area contributed by atoms with Crippen LogP contribution in [0.4, 0.5) is 0 Å². The molecule has 130 valence electrons. The molecule has 3 aromatic rings. The molecule has 1 amide bonds. The number of benzene rings is 1. The minimum absolute atomic E-state index is 0.0715. The minimum Gasteiger partial charge on any atom is -0.466 e. The molecular formula is C19H19NO5. The van der Waals surface area contributed by atoms with Crippen LogP contribution >= 0.6 is 0 Å². The number of aryl methyl sites for hydroxylation is 2. The summed E-state index contributed by atoms with van der Waals surface area (Å²) < 4.78 is 10.6. The lowest BCUT2D eigenvalue weighted by atomic mass is 9.96. The van der Waals surface area contributed by atoms with Crippen LogP contribution in [0.5, 0.6) is 0 Å². The molecule has 6 nitrogen and oxygen atoms in total. The second kappa shape index (κ2) is 6.22. The number of carbonyl (C=O) groups excluding carboxylic acids is 1. The van der Waals surface area contributed by atoms with Crippen molar-refractivity contribution >= 4 is 16.9 Å². The summed E-state index contributed by atoms with van der Waals surface area (Å²) in [5.41, 5.74) is -1.13. The highest BCUT2D eigenvalue weighted by atomic mass is 16.4. The van der Waals surface area contributed by atoms with E-state index in [-0.39, 0.29) is 12.1 Å². The lowest BCUT2D eigenvalue weighted by Gasteiger charge is -2.23. The number of hydrogen-bond donors (Lipinski definition) is 2. The number of aliphatic hydroxyl groups is 1. The molecule has 0 aliphatic heterocycles. The van der Waals surface area contributed by atoms with Gasteiger partial charge in [0.05, 0.1) is 6.54 Å². The van der Waals surface area contributed by atoms with Gasteiger partial charge in [0.25, 0.3) is 5.91 Å². The molecule has 0 radical (unpaired) electrons. The van der Waals surface area contributed by atoms with E-state index < -0.39 is 17.1 Å². The summed E-state index contributed by atoms with van der Waals surface area (Å²) in [6, 6.07) is 10.2. The first-order chi connectivity index (χ1) is 11.8. The van der Waals surface area contributed by atoms with Crippen LogP contribution in [0.3, 0.4) is 0 Å². The molecule has 0 bridgehead atoms. The van der Waals surface area contributed by atoms with Gasteiger partial charge in [0, 0.05) is 10.9 Å². The topological polar surface area (TPSA) is 92.7 Å². The molecule has 6 heteroatoms. The van der Waals surface area contributed by atoms with E-state index in [9.17, 15) is 14.7 Å². The van der Waals surface area contributed by atoms with Crippen molar-refractivity contribution in [1.29, 1.82) is 0 Å². The van der Waals surface area contributed by atoms with Crippen molar-refractivity contribution in [2.45, 2.75) is 26.4 Å². The Balaban J connectivity index is 1.82. The summed E-state index contributed by atoms with van der Waals surface area (Å²) in [4.78, 5) is 24.4. The molecule has 0 aliphatic rings. The van der Waals surface area contributed by atoms with E-state index in [0.29, 0.717) is 28.1 Å². The molecule has 2 N–H and O–H groups in total. The fourth-order valence-corrected chi connectivity index (χ4v) is 2.83. The highest BCUT2D eigenvalue weighted by Crippen LogP contribution is 2.26. The maximum absolute atomic E-state index is 12.4. The Morgan fingerprint density at radius 3 is 2.60 bits per heavy atom. The van der Waals surface area contributed by atoms with Gasteiger partial charge in [0.1, 0.15) is 28.3 Å². The Labute approximate surface area is 144 Å². The van der Waals surface area contributed by atoms with Crippen LogP contribution in [0.2, 0.25) is 0 Å². The molecule has 0 aliphatic carbocycles. The lowest BCUT2D eigenvalue weighted by molar-refractivity contribution is 0.0513. The van der Waals surface area contributed by atoms with Crippen LogP contribution in [0.1, 0.15) is 34.4 Å². The molecule has 0 spiro atoms. The second-order valence-electron chi connectivity index (χ2n) is 6.27. The highest BCUT2D eigenvalue weighted by molar-refractivity contribution is 5.96. The van der Waals surface area contributed by atoms with Crippen molar-refractivity contribution in [2.24, 2.45) is 0 Å². The first kappa shape index (κ1) is 17.0. The monoisotopic (exact) mass is 341 g/mol. The fraction of sp³-hybridized carbons (Fsp3) is 0.263. The Hall–Kier alpha value is -2.86. The maximum Gasteiger partial charge on any atom is 0.349 e. The Kier molecular flexibility index (Phi) is 4.22. The number of furan rings is 1. The van der Waals surface area contributed by atoms with Crippen molar-refractivity contribution in [1.82, 2.24) is 5.32 Å². The van der Waals surface area contributed by atoms with E-state index in [2.05, 4.69) is 5.32 Å². The zero-order valence-electron chi connectivity index (χ0n) is 14.3. The third-order valence-corrected chi connectivity index (χ3v) is 4.10. The van der Waals surface area contributed by atoms with Crippen molar-refractivity contribution in [3.8, 4) is 0 Å². The van der Waals surface area contributed by atoms with Crippen molar-refractivity contribution < 1.29 is 18.7 Å². The van der Waals surface area contributed by atoms with Crippen LogP contribution in [0, 0.1) is 13.8 Å². The normalized spacial score (nSPS) is 13.6. The van der Waals surface area contributed by atoms with Gasteiger partial charge in [-0.25, -0.2) is 4.79 Å². The molecule has 0 saturated carbocycles. The molecule has 1 aromatic carbocycles. The molecule has 0 fully saturated rings. The van der Waals surface area contributed by atoms with Gasteiger partial charge < -0.3 is 19.3 Å². The molecule has 1 atom stereocenters. The van der Waals surface area contributed by atoms with Gasteiger partial charge in [-0.2, -0.15) is 0 Å². The molecule has 25 heavy (non-hydrogen) atoms. The van der Waals surface area contributed by atoms with Crippen molar-refractivity contribution in [3.63, 3.8) is 0 Å². The number of rotatable bonds is 4. The summed E-state index contributed by atoms with van der Waals surface area (Å²) in [5, 5.41) is 13.9. The predicted octanol–water partition coefficient (Wildman–Crippen LogP) is 2.64. The smallest absolute Gasteiger partial charge is 0.349 e. The summed E-state index contributed by atoms with van der Waals surface area (Å²) in [6.45, 7) is 5.04. The number of fused-ring (bicyclic) bond motifs is 1. The first-order valence-electron chi connectivity index (χ1n) is 7.89. The Morgan fingerprint density at radius 2 is 1.92 bits per heavy atom. The number of amides is 1. The van der Waals surface area contributed by atoms with Crippen molar-refractivity contribution in [3.05, 3.63) is 69.5 Å². The minimum atomic E-state index is -1.32. The average Bonchev–Trinajstić information content (AvgIpc) is 2.91. The molecule has 1 unspecified atom stereocenters. The molecule has 2 aromatic heterocycles. The number of hydrogen-bond acceptors (Lipinski definition) is 5. The van der Waals surface area contributed by atoms with Crippen molar-refractivity contribution in [2.75, 3.05) is 6.54 Å². The lowest BCUT2D eigenvalue weighted by Crippen LogP contribution is -2.40. The molecule has 3 rings (SSSR count). The third-order valence-electron chi connectivity index (χ3n) is 4.10. The SMILES string of the molecule is Cc1cc(C(C)(O)CNC(=O)c2cc3ccccc3oc2=O)c(C)o1. The molecule has 0 saturated heterocycles. The van der Waals surface area contributed by atoms with E-state index >= 15 is 0 Å². The maximum atomic E-state index is 12.4. The predicted molar refractivity (Wildman–Crippen MR) is 92.6 cm³/mol. The van der Waals surface area contributed by atoms with Gasteiger partial charge in [-0.1, -0.05) is 18.2 Å². The summed E-state index contributed by atoms with van der Waals surface area (Å²) in [7, 11) is 0. The third kappa shape index (κ3) is 3.34. The second-order valence-corrected chi connectivity index (χ2v) is 6.27. The molecule has 2 heterocycles. The van der Waals surface area contributed by atoms with E-state index in [0.717, 1.165) is 0 Å². The van der Waals surface area contributed by atoms with Crippen LogP contribution in [-0.4, -0.2) is 17.6 Å². The van der Waals surface area contributed by atoms with E-state index in [1.54, 1.807) is 51.1 Å². The number of para-hydroxylation sites is 1. The van der Waals surface area contributed by atoms with Gasteiger partial charge in [0.2, 0.25) is 0 Å². The highest BCUT2D eigenvalue weighted by Gasteiger charge is 2.28. The van der Waals surface area contributed by atoms with E-state index in [4.69, 9.17) is 8.83 Å². The van der Waals surface area contributed by atoms with Gasteiger partial charge in [-0.05, 0) is 39.0 Å². The van der Waals surface area contributed by atoms with Crippen LogP contribution < -0.4 is 10.9 Å². The number of carbonyl (C=O) groups is 1. The quantitative estimate of drug-likeness (QED) is 0.712. The number of nitrogens with one attached hydrogen (secondary N) is 1. The summed E-state index contributed by atoms with van der Waals surface area (Å²) >= 11 is 0. The van der Waals surface area contributed by atoms with Crippen LogP contribution in [0.25, 0.3) is 11.0 Å². The summed E-state index contributed by atoms with van der Waals surface area (Å²) in [6.07, 6.45) is 0. The summed E-state index contributed by atoms with van der Waals surface area (Å²) in [5.74, 6) is 0.661.